The second kappa shape index (κ2) is 7.37. The third-order valence-corrected chi connectivity index (χ3v) is 4.71. The molecule has 134 valence electrons. The first-order valence-corrected chi connectivity index (χ1v) is 8.65. The van der Waals surface area contributed by atoms with Crippen molar-refractivity contribution in [1.29, 1.82) is 0 Å². The van der Waals surface area contributed by atoms with E-state index in [2.05, 4.69) is 36.2 Å². The maximum atomic E-state index is 12.9. The van der Waals surface area contributed by atoms with Gasteiger partial charge in [-0.1, -0.05) is 12.1 Å². The second-order valence-corrected chi connectivity index (χ2v) is 6.78. The number of benzene rings is 1. The molecule has 0 spiro atoms. The van der Waals surface area contributed by atoms with Crippen LogP contribution in [0.1, 0.15) is 35.0 Å². The third kappa shape index (κ3) is 3.91. The van der Waals surface area contributed by atoms with E-state index in [1.165, 1.54) is 11.1 Å². The molecule has 6 nitrogen and oxygen atoms in total. The molecule has 0 bridgehead atoms. The number of hydrogen-bond acceptors (Lipinski definition) is 4. The van der Waals surface area contributed by atoms with E-state index in [-0.39, 0.29) is 11.9 Å². The van der Waals surface area contributed by atoms with Crippen LogP contribution in [0.3, 0.4) is 0 Å². The summed E-state index contributed by atoms with van der Waals surface area (Å²) in [4.78, 5) is 14.6. The summed E-state index contributed by atoms with van der Waals surface area (Å²) in [6.45, 7) is 7.35. The molecule has 25 heavy (non-hydrogen) atoms. The summed E-state index contributed by atoms with van der Waals surface area (Å²) in [7, 11) is 0. The van der Waals surface area contributed by atoms with Crippen molar-refractivity contribution in [3.63, 3.8) is 0 Å². The van der Waals surface area contributed by atoms with Gasteiger partial charge in [-0.2, -0.15) is 5.10 Å². The molecule has 2 atom stereocenters. The minimum atomic E-state index is -0.477. The number of aliphatic hydroxyl groups excluding tert-OH is 1. The van der Waals surface area contributed by atoms with Gasteiger partial charge >= 0.3 is 0 Å². The van der Waals surface area contributed by atoms with Gasteiger partial charge in [0.1, 0.15) is 5.69 Å². The first-order chi connectivity index (χ1) is 12.0. The molecule has 1 saturated heterocycles. The second-order valence-electron chi connectivity index (χ2n) is 6.78. The van der Waals surface area contributed by atoms with Crippen molar-refractivity contribution in [2.75, 3.05) is 19.8 Å². The van der Waals surface area contributed by atoms with E-state index >= 15 is 0 Å². The summed E-state index contributed by atoms with van der Waals surface area (Å²) in [5, 5.41) is 16.8. The lowest BCUT2D eigenvalue weighted by Crippen LogP contribution is -2.49. The predicted molar refractivity (Wildman–Crippen MR) is 95.4 cm³/mol. The molecule has 0 aliphatic carbocycles. The van der Waals surface area contributed by atoms with Gasteiger partial charge in [0.25, 0.3) is 5.91 Å². The van der Waals surface area contributed by atoms with Crippen LogP contribution in [0.15, 0.2) is 24.3 Å². The molecular weight excluding hydrogens is 318 g/mol. The Morgan fingerprint density at radius 1 is 1.40 bits per heavy atom. The zero-order chi connectivity index (χ0) is 18.0. The molecule has 0 saturated carbocycles. The number of aromatic nitrogens is 2. The van der Waals surface area contributed by atoms with E-state index in [4.69, 9.17) is 4.74 Å². The summed E-state index contributed by atoms with van der Waals surface area (Å²) in [5.41, 5.74) is 4.63. The van der Waals surface area contributed by atoms with Crippen molar-refractivity contribution >= 4 is 5.91 Å². The van der Waals surface area contributed by atoms with E-state index in [0.717, 1.165) is 11.3 Å². The lowest BCUT2D eigenvalue weighted by molar-refractivity contribution is -0.0155. The molecule has 1 fully saturated rings. The van der Waals surface area contributed by atoms with E-state index in [9.17, 15) is 9.90 Å². The maximum Gasteiger partial charge on any atom is 0.272 e. The Hall–Kier alpha value is -2.18. The van der Waals surface area contributed by atoms with Crippen molar-refractivity contribution in [3.8, 4) is 11.3 Å². The van der Waals surface area contributed by atoms with Crippen LogP contribution in [0.4, 0.5) is 0 Å². The van der Waals surface area contributed by atoms with Gasteiger partial charge in [0.2, 0.25) is 0 Å². The van der Waals surface area contributed by atoms with E-state index in [0.29, 0.717) is 31.9 Å². The number of aromatic amines is 1. The van der Waals surface area contributed by atoms with Crippen molar-refractivity contribution in [3.05, 3.63) is 41.1 Å². The minimum absolute atomic E-state index is 0.100. The highest BCUT2D eigenvalue weighted by Crippen LogP contribution is 2.22. The number of amides is 1. The molecule has 2 aromatic rings. The fraction of sp³-hybridized carbons (Fsp3) is 0.474. The number of aliphatic hydroxyl groups is 1. The summed E-state index contributed by atoms with van der Waals surface area (Å²) >= 11 is 0. The van der Waals surface area contributed by atoms with Gasteiger partial charge in [0, 0.05) is 12.1 Å². The van der Waals surface area contributed by atoms with Crippen LogP contribution in [-0.2, 0) is 4.74 Å². The lowest BCUT2D eigenvalue weighted by Gasteiger charge is -2.36. The Kier molecular flexibility index (Phi) is 5.20. The van der Waals surface area contributed by atoms with Crippen molar-refractivity contribution in [1.82, 2.24) is 15.1 Å². The standard InChI is InChI=1S/C19H25N3O3/c1-12-4-5-15(8-13(12)2)17-10-18(21-20-17)19(24)22-6-7-25-11-16(22)9-14(3)23/h4-5,8,10,14,16,23H,6-7,9,11H2,1-3H3,(H,20,21)/t14-,16+/m1/s1. The lowest BCUT2D eigenvalue weighted by atomic mass is 10.0. The van der Waals surface area contributed by atoms with Crippen LogP contribution in [0.5, 0.6) is 0 Å². The number of aryl methyl sites for hydroxylation is 2. The van der Waals surface area contributed by atoms with Crippen molar-refractivity contribution < 1.29 is 14.6 Å². The zero-order valence-corrected chi connectivity index (χ0v) is 15.0. The summed E-state index contributed by atoms with van der Waals surface area (Å²) < 4.78 is 5.47. The first kappa shape index (κ1) is 17.6. The third-order valence-electron chi connectivity index (χ3n) is 4.71. The Labute approximate surface area is 147 Å². The number of morpholine rings is 1. The molecule has 1 amide bonds. The minimum Gasteiger partial charge on any atom is -0.393 e. The molecule has 1 aliphatic heterocycles. The van der Waals surface area contributed by atoms with Gasteiger partial charge in [-0.15, -0.1) is 0 Å². The van der Waals surface area contributed by atoms with E-state index in [1.54, 1.807) is 17.9 Å². The van der Waals surface area contributed by atoms with Crippen LogP contribution < -0.4 is 0 Å². The van der Waals surface area contributed by atoms with Crippen LogP contribution >= 0.6 is 0 Å². The normalized spacial score (nSPS) is 19.0. The first-order valence-electron chi connectivity index (χ1n) is 8.65. The Balaban J connectivity index is 1.80. The fourth-order valence-electron chi connectivity index (χ4n) is 3.15. The van der Waals surface area contributed by atoms with Gasteiger partial charge in [-0.3, -0.25) is 9.89 Å². The molecule has 2 N–H and O–H groups in total. The number of carbonyl (C=O) groups excluding carboxylic acids is 1. The Morgan fingerprint density at radius 2 is 2.20 bits per heavy atom. The molecular formula is C19H25N3O3. The monoisotopic (exact) mass is 343 g/mol. The number of H-pyrrole nitrogens is 1. The van der Waals surface area contributed by atoms with Gasteiger partial charge < -0.3 is 14.7 Å². The predicted octanol–water partition coefficient (Wildman–Crippen LogP) is 2.31. The average Bonchev–Trinajstić information content (AvgIpc) is 3.07. The van der Waals surface area contributed by atoms with Crippen LogP contribution in [-0.4, -0.2) is 58.0 Å². The molecule has 1 aromatic carbocycles. The van der Waals surface area contributed by atoms with Gasteiger partial charge in [-0.05, 0) is 50.5 Å². The number of nitrogens with one attached hydrogen (secondary N) is 1. The van der Waals surface area contributed by atoms with Crippen molar-refractivity contribution in [2.45, 2.75) is 39.3 Å². The van der Waals surface area contributed by atoms with Crippen LogP contribution in [0.2, 0.25) is 0 Å². The highest BCUT2D eigenvalue weighted by Gasteiger charge is 2.30. The smallest absolute Gasteiger partial charge is 0.272 e. The Morgan fingerprint density at radius 3 is 2.92 bits per heavy atom. The highest BCUT2D eigenvalue weighted by molar-refractivity contribution is 5.93. The maximum absolute atomic E-state index is 12.9. The largest absolute Gasteiger partial charge is 0.393 e. The van der Waals surface area contributed by atoms with Gasteiger partial charge in [0.15, 0.2) is 0 Å². The molecule has 1 aliphatic rings. The van der Waals surface area contributed by atoms with Crippen LogP contribution in [0.25, 0.3) is 11.3 Å². The fourth-order valence-corrected chi connectivity index (χ4v) is 3.15. The van der Waals surface area contributed by atoms with Gasteiger partial charge in [0.05, 0.1) is 31.1 Å². The summed E-state index contributed by atoms with van der Waals surface area (Å²) in [6, 6.07) is 7.82. The van der Waals surface area contributed by atoms with E-state index < -0.39 is 6.10 Å². The topological polar surface area (TPSA) is 78.5 Å². The van der Waals surface area contributed by atoms with Gasteiger partial charge in [-0.25, -0.2) is 0 Å². The number of rotatable bonds is 4. The number of hydrogen-bond donors (Lipinski definition) is 2. The quantitative estimate of drug-likeness (QED) is 0.893. The number of nitrogens with zero attached hydrogens (tertiary/aromatic N) is 2. The molecule has 6 heteroatoms. The van der Waals surface area contributed by atoms with E-state index in [1.807, 2.05) is 6.07 Å². The Bertz CT molecular complexity index is 754. The summed E-state index contributed by atoms with van der Waals surface area (Å²) in [6.07, 6.45) is 0.0269. The molecule has 3 rings (SSSR count). The summed E-state index contributed by atoms with van der Waals surface area (Å²) in [5.74, 6) is -0.100. The molecule has 0 unspecified atom stereocenters. The van der Waals surface area contributed by atoms with Crippen molar-refractivity contribution in [2.24, 2.45) is 0 Å². The SMILES string of the molecule is Cc1ccc(-c2cc(C(=O)N3CCOC[C@@H]3C[C@@H](C)O)[nH]n2)cc1C. The highest BCUT2D eigenvalue weighted by atomic mass is 16.5. The molecule has 2 heterocycles. The molecule has 0 radical (unpaired) electrons. The zero-order valence-electron chi connectivity index (χ0n) is 15.0. The average molecular weight is 343 g/mol. The van der Waals surface area contributed by atoms with Crippen LogP contribution in [0, 0.1) is 13.8 Å². The molecule has 1 aromatic heterocycles. The number of ether oxygens (including phenoxy) is 1. The number of carbonyl (C=O) groups is 1.